The standard InChI is InChI=1S/C43H48F6N2O8/c44-42(45,46)58-35-17-6-29(7-18-35)25-56-33-13-2-27(3-14-33)1-12-32(52)24-38(37-21-11-31(50)23-39(37)51)41(54,55)40(53)22-10-28-4-15-34(16-5-28)57-26-30-8-19-36(20-9-30)59-43(47,48)49/h1-5,10-16,21-23,29-30,35-36,38,54-55H,6-9,17-20,24-26,50-51H2. The van der Waals surface area contributed by atoms with Crippen molar-refractivity contribution >= 4 is 35.1 Å². The maximum Gasteiger partial charge on any atom is 0.522 e. The third-order valence-corrected chi connectivity index (χ3v) is 10.5. The molecule has 5 rings (SSSR count). The Morgan fingerprint density at radius 3 is 1.53 bits per heavy atom. The van der Waals surface area contributed by atoms with Gasteiger partial charge in [-0.05, 0) is 128 Å². The number of hydrogen-bond donors (Lipinski definition) is 4. The summed E-state index contributed by atoms with van der Waals surface area (Å²) in [5, 5.41) is 22.6. The summed E-state index contributed by atoms with van der Waals surface area (Å²) in [5.74, 6) is -5.00. The molecule has 320 valence electrons. The van der Waals surface area contributed by atoms with E-state index in [1.165, 1.54) is 36.4 Å². The minimum absolute atomic E-state index is 0.0487. The highest BCUT2D eigenvalue weighted by atomic mass is 19.4. The molecular formula is C43H48F6N2O8. The van der Waals surface area contributed by atoms with E-state index in [-0.39, 0.29) is 41.6 Å². The topological polar surface area (TPSA) is 164 Å². The number of nitrogens with two attached hydrogens (primary N) is 2. The van der Waals surface area contributed by atoms with E-state index in [2.05, 4.69) is 9.47 Å². The van der Waals surface area contributed by atoms with Gasteiger partial charge in [-0.15, -0.1) is 26.3 Å². The second-order valence-corrected chi connectivity index (χ2v) is 15.0. The number of alkyl halides is 6. The van der Waals surface area contributed by atoms with Crippen molar-refractivity contribution < 1.29 is 65.1 Å². The van der Waals surface area contributed by atoms with E-state index < -0.39 is 54.6 Å². The summed E-state index contributed by atoms with van der Waals surface area (Å²) in [7, 11) is 0. The molecule has 1 unspecified atom stereocenters. The summed E-state index contributed by atoms with van der Waals surface area (Å²) in [6, 6.07) is 17.6. The van der Waals surface area contributed by atoms with Crippen LogP contribution in [0.3, 0.4) is 0 Å². The van der Waals surface area contributed by atoms with Crippen LogP contribution in [0.25, 0.3) is 12.2 Å². The minimum Gasteiger partial charge on any atom is -0.493 e. The smallest absolute Gasteiger partial charge is 0.493 e. The van der Waals surface area contributed by atoms with E-state index in [1.807, 2.05) is 0 Å². The van der Waals surface area contributed by atoms with Crippen molar-refractivity contribution in [3.63, 3.8) is 0 Å². The molecule has 0 bridgehead atoms. The molecule has 0 heterocycles. The highest BCUT2D eigenvalue weighted by Crippen LogP contribution is 2.37. The quantitative estimate of drug-likeness (QED) is 0.0449. The van der Waals surface area contributed by atoms with Crippen LogP contribution < -0.4 is 20.9 Å². The molecule has 3 aromatic carbocycles. The summed E-state index contributed by atoms with van der Waals surface area (Å²) in [5.41, 5.74) is 13.6. The van der Waals surface area contributed by atoms with Crippen molar-refractivity contribution in [1.82, 2.24) is 0 Å². The fraction of sp³-hybridized carbons (Fsp3) is 0.442. The van der Waals surface area contributed by atoms with Crippen molar-refractivity contribution in [2.24, 2.45) is 11.8 Å². The Hall–Kier alpha value is -4.90. The van der Waals surface area contributed by atoms with E-state index in [9.17, 15) is 46.1 Å². The number of hydrogen-bond acceptors (Lipinski definition) is 10. The molecule has 2 fully saturated rings. The van der Waals surface area contributed by atoms with Crippen LogP contribution in [-0.4, -0.2) is 65.7 Å². The van der Waals surface area contributed by atoms with Gasteiger partial charge in [0.1, 0.15) is 11.5 Å². The van der Waals surface area contributed by atoms with Gasteiger partial charge in [-0.25, -0.2) is 0 Å². The van der Waals surface area contributed by atoms with Crippen LogP contribution in [0.1, 0.15) is 80.4 Å². The minimum atomic E-state index is -4.65. The number of allylic oxidation sites excluding steroid dienone is 1. The first kappa shape index (κ1) is 45.2. The molecule has 16 heteroatoms. The molecule has 0 radical (unpaired) electrons. The van der Waals surface area contributed by atoms with E-state index in [0.29, 0.717) is 74.4 Å². The zero-order valence-corrected chi connectivity index (χ0v) is 32.1. The number of ether oxygens (including phenoxy) is 4. The van der Waals surface area contributed by atoms with Crippen LogP contribution in [0.2, 0.25) is 0 Å². The Morgan fingerprint density at radius 1 is 0.661 bits per heavy atom. The van der Waals surface area contributed by atoms with Crippen LogP contribution >= 0.6 is 0 Å². The number of carbonyl (C=O) groups is 2. The van der Waals surface area contributed by atoms with Crippen LogP contribution in [0, 0.1) is 11.8 Å². The Balaban J connectivity index is 1.15. The Bertz CT molecular complexity index is 1900. The van der Waals surface area contributed by atoms with E-state index >= 15 is 0 Å². The summed E-state index contributed by atoms with van der Waals surface area (Å²) < 4.78 is 94.9. The second kappa shape index (κ2) is 19.9. The number of anilines is 2. The third-order valence-electron chi connectivity index (χ3n) is 10.5. The first-order valence-electron chi connectivity index (χ1n) is 19.3. The second-order valence-electron chi connectivity index (χ2n) is 15.0. The van der Waals surface area contributed by atoms with Crippen LogP contribution in [0.5, 0.6) is 11.5 Å². The van der Waals surface area contributed by atoms with Gasteiger partial charge in [-0.2, -0.15) is 0 Å². The van der Waals surface area contributed by atoms with Crippen molar-refractivity contribution in [2.75, 3.05) is 24.7 Å². The Morgan fingerprint density at radius 2 is 1.10 bits per heavy atom. The lowest BCUT2D eigenvalue weighted by atomic mass is 9.82. The number of benzene rings is 3. The first-order valence-corrected chi connectivity index (χ1v) is 19.3. The maximum absolute atomic E-state index is 13.4. The lowest BCUT2D eigenvalue weighted by Crippen LogP contribution is -2.44. The third kappa shape index (κ3) is 14.4. The van der Waals surface area contributed by atoms with E-state index in [4.69, 9.17) is 20.9 Å². The van der Waals surface area contributed by atoms with Crippen LogP contribution in [0.4, 0.5) is 37.7 Å². The molecule has 1 atom stereocenters. The van der Waals surface area contributed by atoms with Gasteiger partial charge in [0.05, 0.1) is 31.3 Å². The lowest BCUT2D eigenvalue weighted by Gasteiger charge is -2.30. The van der Waals surface area contributed by atoms with E-state index in [1.54, 1.807) is 48.5 Å². The highest BCUT2D eigenvalue weighted by Gasteiger charge is 2.43. The van der Waals surface area contributed by atoms with Crippen LogP contribution in [-0.2, 0) is 19.1 Å². The largest absolute Gasteiger partial charge is 0.522 e. The fourth-order valence-electron chi connectivity index (χ4n) is 7.29. The summed E-state index contributed by atoms with van der Waals surface area (Å²) in [6.07, 6.45) is -3.06. The molecule has 0 saturated heterocycles. The molecule has 0 spiro atoms. The van der Waals surface area contributed by atoms with Crippen molar-refractivity contribution in [2.45, 2.75) is 94.4 Å². The zero-order chi connectivity index (χ0) is 42.8. The molecule has 3 aromatic rings. The van der Waals surface area contributed by atoms with Gasteiger partial charge < -0.3 is 31.2 Å². The Kier molecular flexibility index (Phi) is 15.2. The highest BCUT2D eigenvalue weighted by molar-refractivity contribution is 6.01. The number of carbonyl (C=O) groups excluding carboxylic acids is 2. The molecule has 0 aromatic heterocycles. The van der Waals surface area contributed by atoms with Gasteiger partial charge in [0.15, 0.2) is 5.78 Å². The molecule has 2 aliphatic rings. The molecular weight excluding hydrogens is 786 g/mol. The normalized spacial score (nSPS) is 21.1. The zero-order valence-electron chi connectivity index (χ0n) is 32.1. The van der Waals surface area contributed by atoms with Gasteiger partial charge in [0.25, 0.3) is 0 Å². The molecule has 10 nitrogen and oxygen atoms in total. The van der Waals surface area contributed by atoms with Crippen molar-refractivity contribution in [3.05, 3.63) is 95.6 Å². The molecule has 0 amide bonds. The molecule has 0 aliphatic heterocycles. The van der Waals surface area contributed by atoms with Gasteiger partial charge in [-0.1, -0.05) is 42.5 Å². The Labute approximate surface area is 337 Å². The number of halogens is 6. The van der Waals surface area contributed by atoms with Gasteiger partial charge >= 0.3 is 12.7 Å². The summed E-state index contributed by atoms with van der Waals surface area (Å²) >= 11 is 0. The molecule has 2 aliphatic carbocycles. The number of nitrogen functional groups attached to an aromatic ring is 2. The number of aliphatic hydroxyl groups is 2. The van der Waals surface area contributed by atoms with Crippen LogP contribution in [0.15, 0.2) is 78.9 Å². The molecule has 59 heavy (non-hydrogen) atoms. The predicted octanol–water partition coefficient (Wildman–Crippen LogP) is 8.52. The average Bonchev–Trinajstić information content (AvgIpc) is 3.17. The fourth-order valence-corrected chi connectivity index (χ4v) is 7.29. The van der Waals surface area contributed by atoms with E-state index in [0.717, 1.165) is 6.08 Å². The number of rotatable bonds is 17. The monoisotopic (exact) mass is 834 g/mol. The van der Waals surface area contributed by atoms with Crippen molar-refractivity contribution in [1.29, 1.82) is 0 Å². The SMILES string of the molecule is Nc1ccc(C(CC(=O)C=Cc2ccc(OCC3CCC(OC(F)(F)F)CC3)cc2)C(O)(O)C(=O)C=Cc2ccc(OCC3CCC(OC(F)(F)F)CC3)cc2)c(N)c1. The average molecular weight is 835 g/mol. The van der Waals surface area contributed by atoms with Gasteiger partial charge in [-0.3, -0.25) is 19.1 Å². The van der Waals surface area contributed by atoms with Gasteiger partial charge in [0, 0.05) is 17.8 Å². The molecule has 2 saturated carbocycles. The first-order chi connectivity index (χ1) is 27.8. The summed E-state index contributed by atoms with van der Waals surface area (Å²) in [4.78, 5) is 26.6. The maximum atomic E-state index is 13.4. The molecule has 6 N–H and O–H groups in total. The summed E-state index contributed by atoms with van der Waals surface area (Å²) in [6.45, 7) is 0.651. The lowest BCUT2D eigenvalue weighted by molar-refractivity contribution is -0.346. The number of ketones is 2. The van der Waals surface area contributed by atoms with Gasteiger partial charge in [0.2, 0.25) is 11.6 Å². The predicted molar refractivity (Wildman–Crippen MR) is 208 cm³/mol. The van der Waals surface area contributed by atoms with Crippen molar-refractivity contribution in [3.8, 4) is 11.5 Å².